The number of hydrogen-bond donors (Lipinski definition) is 3. The highest BCUT2D eigenvalue weighted by molar-refractivity contribution is 5.89. The van der Waals surface area contributed by atoms with Gasteiger partial charge in [0.2, 0.25) is 0 Å². The van der Waals surface area contributed by atoms with E-state index < -0.39 is 0 Å². The lowest BCUT2D eigenvalue weighted by Crippen LogP contribution is -2.33. The quantitative estimate of drug-likeness (QED) is 0.690. The molecule has 21 heavy (non-hydrogen) atoms. The molecule has 0 aromatic heterocycles. The normalized spacial score (nSPS) is 11.8. The van der Waals surface area contributed by atoms with E-state index in [1.165, 1.54) is 0 Å². The first-order valence-corrected chi connectivity index (χ1v) is 7.50. The van der Waals surface area contributed by atoms with Crippen molar-refractivity contribution in [3.63, 3.8) is 0 Å². The number of aliphatic hydroxyl groups is 1. The van der Waals surface area contributed by atoms with Gasteiger partial charge in [0.25, 0.3) is 0 Å². The molecule has 0 saturated carbocycles. The first kappa shape index (κ1) is 17.3. The van der Waals surface area contributed by atoms with Gasteiger partial charge in [0.05, 0.1) is 0 Å². The molecule has 1 aromatic carbocycles. The summed E-state index contributed by atoms with van der Waals surface area (Å²) >= 11 is 0. The van der Waals surface area contributed by atoms with Crippen LogP contribution in [0.25, 0.3) is 0 Å². The molecular formula is C16H27N3O2. The van der Waals surface area contributed by atoms with Crippen LogP contribution in [0.2, 0.25) is 0 Å². The van der Waals surface area contributed by atoms with E-state index in [9.17, 15) is 4.79 Å². The number of nitrogens with zero attached hydrogens (tertiary/aromatic N) is 1. The van der Waals surface area contributed by atoms with Crippen LogP contribution in [0.1, 0.15) is 26.2 Å². The fourth-order valence-corrected chi connectivity index (χ4v) is 2.19. The van der Waals surface area contributed by atoms with Crippen LogP contribution in [0, 0.1) is 5.92 Å². The Labute approximate surface area is 127 Å². The predicted molar refractivity (Wildman–Crippen MR) is 87.9 cm³/mol. The third-order valence-electron chi connectivity index (χ3n) is 3.43. The predicted octanol–water partition coefficient (Wildman–Crippen LogP) is 2.67. The molecule has 1 aromatic rings. The Kier molecular flexibility index (Phi) is 7.61. The molecule has 2 amide bonds. The van der Waals surface area contributed by atoms with E-state index in [4.69, 9.17) is 5.11 Å². The Morgan fingerprint density at radius 1 is 1.24 bits per heavy atom. The maximum absolute atomic E-state index is 11.8. The average Bonchev–Trinajstić information content (AvgIpc) is 2.46. The molecule has 0 aliphatic rings. The minimum Gasteiger partial charge on any atom is -0.396 e. The van der Waals surface area contributed by atoms with E-state index in [1.807, 2.05) is 43.3 Å². The maximum atomic E-state index is 11.8. The molecule has 0 bridgehead atoms. The SMILES string of the molecule is CCCC(CCO)CNC(=O)Nc1ccc(N(C)C)cc1. The van der Waals surface area contributed by atoms with Gasteiger partial charge < -0.3 is 20.6 Å². The smallest absolute Gasteiger partial charge is 0.319 e. The highest BCUT2D eigenvalue weighted by atomic mass is 16.3. The Morgan fingerprint density at radius 2 is 1.90 bits per heavy atom. The first-order valence-electron chi connectivity index (χ1n) is 7.50. The van der Waals surface area contributed by atoms with Gasteiger partial charge in [-0.2, -0.15) is 0 Å². The summed E-state index contributed by atoms with van der Waals surface area (Å²) in [4.78, 5) is 13.9. The molecule has 0 aliphatic heterocycles. The van der Waals surface area contributed by atoms with Gasteiger partial charge in [-0.15, -0.1) is 0 Å². The van der Waals surface area contributed by atoms with Crippen molar-refractivity contribution in [2.75, 3.05) is 37.5 Å². The van der Waals surface area contributed by atoms with E-state index >= 15 is 0 Å². The molecule has 5 nitrogen and oxygen atoms in total. The van der Waals surface area contributed by atoms with Crippen LogP contribution < -0.4 is 15.5 Å². The molecule has 1 rings (SSSR count). The summed E-state index contributed by atoms with van der Waals surface area (Å²) in [5.74, 6) is 0.335. The number of anilines is 2. The van der Waals surface area contributed by atoms with E-state index in [2.05, 4.69) is 17.6 Å². The van der Waals surface area contributed by atoms with Gasteiger partial charge in [-0.3, -0.25) is 0 Å². The van der Waals surface area contributed by atoms with Crippen molar-refractivity contribution in [2.45, 2.75) is 26.2 Å². The zero-order chi connectivity index (χ0) is 15.7. The van der Waals surface area contributed by atoms with Crippen molar-refractivity contribution in [2.24, 2.45) is 5.92 Å². The highest BCUT2D eigenvalue weighted by Crippen LogP contribution is 2.15. The Balaban J connectivity index is 2.42. The van der Waals surface area contributed by atoms with Crippen molar-refractivity contribution in [3.05, 3.63) is 24.3 Å². The summed E-state index contributed by atoms with van der Waals surface area (Å²) in [6.07, 6.45) is 2.80. The fraction of sp³-hybridized carbons (Fsp3) is 0.562. The van der Waals surface area contributed by atoms with Gasteiger partial charge in [0.1, 0.15) is 0 Å². The number of carbonyl (C=O) groups excluding carboxylic acids is 1. The lowest BCUT2D eigenvalue weighted by atomic mass is 10.0. The molecule has 0 saturated heterocycles. The van der Waals surface area contributed by atoms with Crippen LogP contribution in [0.3, 0.4) is 0 Å². The van der Waals surface area contributed by atoms with Gasteiger partial charge in [-0.25, -0.2) is 4.79 Å². The second-order valence-electron chi connectivity index (χ2n) is 5.44. The standard InChI is InChI=1S/C16H27N3O2/c1-4-5-13(10-11-20)12-17-16(21)18-14-6-8-15(9-7-14)19(2)3/h6-9,13,20H,4-5,10-12H2,1-3H3,(H2,17,18,21). The maximum Gasteiger partial charge on any atom is 0.319 e. The molecule has 0 heterocycles. The van der Waals surface area contributed by atoms with Gasteiger partial charge in [0.15, 0.2) is 0 Å². The largest absolute Gasteiger partial charge is 0.396 e. The summed E-state index contributed by atoms with van der Waals surface area (Å²) in [5.41, 5.74) is 1.86. The van der Waals surface area contributed by atoms with Gasteiger partial charge in [-0.05, 0) is 43.0 Å². The van der Waals surface area contributed by atoms with Gasteiger partial charge in [-0.1, -0.05) is 13.3 Å². The van der Waals surface area contributed by atoms with Crippen molar-refractivity contribution < 1.29 is 9.90 Å². The van der Waals surface area contributed by atoms with Crippen LogP contribution in [-0.4, -0.2) is 38.4 Å². The third kappa shape index (κ3) is 6.49. The summed E-state index contributed by atoms with van der Waals surface area (Å²) in [7, 11) is 3.95. The van der Waals surface area contributed by atoms with Crippen molar-refractivity contribution in [3.8, 4) is 0 Å². The summed E-state index contributed by atoms with van der Waals surface area (Å²) in [6, 6.07) is 7.48. The monoisotopic (exact) mass is 293 g/mol. The topological polar surface area (TPSA) is 64.6 Å². The average molecular weight is 293 g/mol. The molecule has 0 radical (unpaired) electrons. The number of hydrogen-bond acceptors (Lipinski definition) is 3. The van der Waals surface area contributed by atoms with Crippen molar-refractivity contribution in [1.29, 1.82) is 0 Å². The van der Waals surface area contributed by atoms with Crippen LogP contribution in [0.4, 0.5) is 16.2 Å². The minimum absolute atomic E-state index is 0.167. The molecule has 118 valence electrons. The number of rotatable bonds is 8. The Hall–Kier alpha value is -1.75. The van der Waals surface area contributed by atoms with E-state index in [0.717, 1.165) is 30.6 Å². The lowest BCUT2D eigenvalue weighted by molar-refractivity contribution is 0.237. The minimum atomic E-state index is -0.202. The molecule has 5 heteroatoms. The lowest BCUT2D eigenvalue weighted by Gasteiger charge is -2.16. The number of urea groups is 1. The number of benzene rings is 1. The van der Waals surface area contributed by atoms with Gasteiger partial charge >= 0.3 is 6.03 Å². The van der Waals surface area contributed by atoms with Crippen molar-refractivity contribution >= 4 is 17.4 Å². The Bertz CT molecular complexity index is 412. The first-order chi connectivity index (χ1) is 10.1. The van der Waals surface area contributed by atoms with E-state index in [0.29, 0.717) is 12.5 Å². The molecule has 1 atom stereocenters. The molecular weight excluding hydrogens is 266 g/mol. The summed E-state index contributed by atoms with van der Waals surface area (Å²) < 4.78 is 0. The number of carbonyl (C=O) groups is 1. The van der Waals surface area contributed by atoms with Crippen LogP contribution >= 0.6 is 0 Å². The van der Waals surface area contributed by atoms with Crippen molar-refractivity contribution in [1.82, 2.24) is 5.32 Å². The fourth-order valence-electron chi connectivity index (χ4n) is 2.19. The summed E-state index contributed by atoms with van der Waals surface area (Å²) in [5, 5.41) is 14.7. The Morgan fingerprint density at radius 3 is 2.43 bits per heavy atom. The van der Waals surface area contributed by atoms with E-state index in [1.54, 1.807) is 0 Å². The summed E-state index contributed by atoms with van der Waals surface area (Å²) in [6.45, 7) is 2.87. The molecule has 0 spiro atoms. The number of amides is 2. The number of nitrogens with one attached hydrogen (secondary N) is 2. The molecule has 1 unspecified atom stereocenters. The highest BCUT2D eigenvalue weighted by Gasteiger charge is 2.09. The second-order valence-corrected chi connectivity index (χ2v) is 5.44. The zero-order valence-electron chi connectivity index (χ0n) is 13.2. The van der Waals surface area contributed by atoms with Crippen LogP contribution in [-0.2, 0) is 0 Å². The van der Waals surface area contributed by atoms with Crippen LogP contribution in [0.15, 0.2) is 24.3 Å². The van der Waals surface area contributed by atoms with Gasteiger partial charge in [0, 0.05) is 38.6 Å². The molecule has 3 N–H and O–H groups in total. The third-order valence-corrected chi connectivity index (χ3v) is 3.43. The van der Waals surface area contributed by atoms with Crippen LogP contribution in [0.5, 0.6) is 0 Å². The second kappa shape index (κ2) is 9.23. The number of aliphatic hydroxyl groups excluding tert-OH is 1. The van der Waals surface area contributed by atoms with E-state index in [-0.39, 0.29) is 12.6 Å². The molecule has 0 aliphatic carbocycles. The molecule has 0 fully saturated rings. The zero-order valence-corrected chi connectivity index (χ0v) is 13.2.